The van der Waals surface area contributed by atoms with Gasteiger partial charge in [-0.15, -0.1) is 11.6 Å². The molecule has 0 saturated heterocycles. The zero-order valence-electron chi connectivity index (χ0n) is 10.9. The summed E-state index contributed by atoms with van der Waals surface area (Å²) < 4.78 is 15.0. The molecule has 1 unspecified atom stereocenters. The molecular formula is C12H21ClO4S. The van der Waals surface area contributed by atoms with Crippen LogP contribution in [0.3, 0.4) is 0 Å². The smallest absolute Gasteiger partial charge is 0.307 e. The van der Waals surface area contributed by atoms with Crippen LogP contribution in [0.15, 0.2) is 0 Å². The van der Waals surface area contributed by atoms with Crippen LogP contribution >= 0.6 is 23.8 Å². The molecule has 0 aliphatic carbocycles. The van der Waals surface area contributed by atoms with Gasteiger partial charge in [-0.25, -0.2) is 0 Å². The summed E-state index contributed by atoms with van der Waals surface area (Å²) in [6.45, 7) is 4.97. The third kappa shape index (κ3) is 9.62. The number of rotatable bonds is 10. The second-order valence-corrected chi connectivity index (χ2v) is 4.58. The Morgan fingerprint density at radius 1 is 1.33 bits per heavy atom. The molecule has 4 nitrogen and oxygen atoms in total. The number of hydrogen-bond donors (Lipinski definition) is 0. The summed E-state index contributed by atoms with van der Waals surface area (Å²) in [6, 6.07) is 0. The number of halogens is 1. The minimum absolute atomic E-state index is 0.0142. The van der Waals surface area contributed by atoms with Gasteiger partial charge in [0.05, 0.1) is 6.61 Å². The Morgan fingerprint density at radius 2 is 2.06 bits per heavy atom. The van der Waals surface area contributed by atoms with Crippen molar-refractivity contribution in [2.24, 2.45) is 0 Å². The van der Waals surface area contributed by atoms with Gasteiger partial charge in [0.1, 0.15) is 5.38 Å². The predicted molar refractivity (Wildman–Crippen MR) is 74.9 cm³/mol. The van der Waals surface area contributed by atoms with Crippen LogP contribution in [-0.2, 0) is 19.0 Å². The highest BCUT2D eigenvalue weighted by molar-refractivity contribution is 7.80. The van der Waals surface area contributed by atoms with Crippen LogP contribution in [0.5, 0.6) is 0 Å². The molecular weight excluding hydrogens is 276 g/mol. The van der Waals surface area contributed by atoms with Gasteiger partial charge in [0, 0.05) is 13.0 Å². The molecule has 0 aromatic rings. The van der Waals surface area contributed by atoms with Crippen molar-refractivity contribution < 1.29 is 19.0 Å². The van der Waals surface area contributed by atoms with E-state index in [9.17, 15) is 4.79 Å². The maximum absolute atomic E-state index is 11.3. The van der Waals surface area contributed by atoms with Gasteiger partial charge in [-0.3, -0.25) is 4.79 Å². The number of unbranched alkanes of at least 4 members (excludes halogenated alkanes) is 1. The molecule has 106 valence electrons. The van der Waals surface area contributed by atoms with E-state index in [0.29, 0.717) is 24.7 Å². The lowest BCUT2D eigenvalue weighted by molar-refractivity contribution is -0.155. The lowest BCUT2D eigenvalue weighted by atomic mass is 10.2. The van der Waals surface area contributed by atoms with Gasteiger partial charge < -0.3 is 14.2 Å². The van der Waals surface area contributed by atoms with Crippen LogP contribution in [-0.4, -0.2) is 36.4 Å². The van der Waals surface area contributed by atoms with Crippen LogP contribution < -0.4 is 0 Å². The van der Waals surface area contributed by atoms with Crippen LogP contribution in [0.25, 0.3) is 0 Å². The summed E-state index contributed by atoms with van der Waals surface area (Å²) in [4.78, 5) is 11.3. The van der Waals surface area contributed by atoms with Crippen LogP contribution in [0.4, 0.5) is 0 Å². The van der Waals surface area contributed by atoms with Gasteiger partial charge in [0.2, 0.25) is 0 Å². The van der Waals surface area contributed by atoms with Gasteiger partial charge in [0.25, 0.3) is 0 Å². The van der Waals surface area contributed by atoms with Crippen molar-refractivity contribution in [3.05, 3.63) is 0 Å². The highest BCUT2D eigenvalue weighted by atomic mass is 35.5. The zero-order chi connectivity index (χ0) is 13.8. The standard InChI is InChI=1S/C12H21ClO4S/c1-3-5-8-16-12(18)10(13)6-7-11(14)17-9-15-4-2/h10H,3-9H2,1-2H3. The number of hydrogen-bond acceptors (Lipinski definition) is 5. The topological polar surface area (TPSA) is 44.8 Å². The largest absolute Gasteiger partial charge is 0.485 e. The fourth-order valence-electron chi connectivity index (χ4n) is 1.03. The summed E-state index contributed by atoms with van der Waals surface area (Å²) in [5, 5.41) is -0.0841. The fourth-order valence-corrected chi connectivity index (χ4v) is 1.41. The lowest BCUT2D eigenvalue weighted by Crippen LogP contribution is -2.18. The van der Waals surface area contributed by atoms with Crippen LogP contribution in [0.1, 0.15) is 39.5 Å². The number of esters is 1. The fraction of sp³-hybridized carbons (Fsp3) is 0.833. The van der Waals surface area contributed by atoms with E-state index in [4.69, 9.17) is 38.0 Å². The monoisotopic (exact) mass is 296 g/mol. The van der Waals surface area contributed by atoms with Crippen molar-refractivity contribution in [3.63, 3.8) is 0 Å². The Kier molecular flexibility index (Phi) is 11.4. The van der Waals surface area contributed by atoms with E-state index in [1.54, 1.807) is 0 Å². The van der Waals surface area contributed by atoms with E-state index in [0.717, 1.165) is 12.8 Å². The van der Waals surface area contributed by atoms with Gasteiger partial charge >= 0.3 is 5.97 Å². The molecule has 0 aromatic heterocycles. The summed E-state index contributed by atoms with van der Waals surface area (Å²) in [6.07, 6.45) is 2.61. The highest BCUT2D eigenvalue weighted by Gasteiger charge is 2.15. The van der Waals surface area contributed by atoms with Crippen LogP contribution in [0, 0.1) is 0 Å². The van der Waals surface area contributed by atoms with Crippen molar-refractivity contribution in [3.8, 4) is 0 Å². The zero-order valence-corrected chi connectivity index (χ0v) is 12.5. The molecule has 0 rings (SSSR count). The van der Waals surface area contributed by atoms with Crippen molar-refractivity contribution in [1.82, 2.24) is 0 Å². The van der Waals surface area contributed by atoms with E-state index in [-0.39, 0.29) is 19.2 Å². The van der Waals surface area contributed by atoms with Crippen molar-refractivity contribution >= 4 is 34.8 Å². The lowest BCUT2D eigenvalue weighted by Gasteiger charge is -2.12. The maximum atomic E-state index is 11.3. The maximum Gasteiger partial charge on any atom is 0.307 e. The van der Waals surface area contributed by atoms with Crippen molar-refractivity contribution in [1.29, 1.82) is 0 Å². The number of carbonyl (C=O) groups excluding carboxylic acids is 1. The summed E-state index contributed by atoms with van der Waals surface area (Å²) in [7, 11) is 0. The molecule has 0 aromatic carbocycles. The van der Waals surface area contributed by atoms with Gasteiger partial charge in [-0.2, -0.15) is 0 Å². The third-order valence-corrected chi connectivity index (χ3v) is 3.06. The predicted octanol–water partition coefficient (Wildman–Crippen LogP) is 3.06. The average Bonchev–Trinajstić information content (AvgIpc) is 2.36. The second kappa shape index (κ2) is 11.7. The number of carbonyl (C=O) groups is 1. The molecule has 0 radical (unpaired) electrons. The average molecular weight is 297 g/mol. The Morgan fingerprint density at radius 3 is 2.67 bits per heavy atom. The van der Waals surface area contributed by atoms with E-state index >= 15 is 0 Å². The Balaban J connectivity index is 3.64. The normalized spacial score (nSPS) is 11.9. The second-order valence-electron chi connectivity index (χ2n) is 3.65. The minimum Gasteiger partial charge on any atom is -0.485 e. The molecule has 0 saturated carbocycles. The molecule has 18 heavy (non-hydrogen) atoms. The van der Waals surface area contributed by atoms with Crippen molar-refractivity contribution in [2.75, 3.05) is 20.0 Å². The molecule has 0 bridgehead atoms. The van der Waals surface area contributed by atoms with E-state index < -0.39 is 5.38 Å². The third-order valence-electron chi connectivity index (χ3n) is 2.11. The van der Waals surface area contributed by atoms with Gasteiger partial charge in [-0.1, -0.05) is 13.3 Å². The summed E-state index contributed by atoms with van der Waals surface area (Å²) >= 11 is 11.0. The van der Waals surface area contributed by atoms with E-state index in [1.807, 2.05) is 6.92 Å². The van der Waals surface area contributed by atoms with Crippen LogP contribution in [0.2, 0.25) is 0 Å². The van der Waals surface area contributed by atoms with Gasteiger partial charge in [0.15, 0.2) is 11.8 Å². The Hall–Kier alpha value is -0.390. The molecule has 0 aliphatic rings. The molecule has 0 N–H and O–H groups in total. The summed E-state index contributed by atoms with van der Waals surface area (Å²) in [5.41, 5.74) is 0. The molecule has 0 fully saturated rings. The first-order valence-electron chi connectivity index (χ1n) is 6.15. The number of alkyl halides is 1. The van der Waals surface area contributed by atoms with Crippen molar-refractivity contribution in [2.45, 2.75) is 44.9 Å². The molecule has 6 heteroatoms. The van der Waals surface area contributed by atoms with Gasteiger partial charge in [-0.05, 0) is 32.0 Å². The first-order chi connectivity index (χ1) is 8.61. The quantitative estimate of drug-likeness (QED) is 0.204. The number of ether oxygens (including phenoxy) is 3. The first-order valence-corrected chi connectivity index (χ1v) is 7.00. The van der Waals surface area contributed by atoms with E-state index in [2.05, 4.69) is 6.92 Å². The first kappa shape index (κ1) is 17.6. The molecule has 1 atom stereocenters. The SMILES string of the molecule is CCCCOC(=S)C(Cl)CCC(=O)OCOCC. The summed E-state index contributed by atoms with van der Waals surface area (Å²) in [5.74, 6) is -0.342. The molecule has 0 aliphatic heterocycles. The Labute approximate surface area is 119 Å². The van der Waals surface area contributed by atoms with E-state index in [1.165, 1.54) is 0 Å². The Bertz CT molecular complexity index is 248. The molecule has 0 spiro atoms. The minimum atomic E-state index is -0.434. The highest BCUT2D eigenvalue weighted by Crippen LogP contribution is 2.10. The molecule has 0 amide bonds. The molecule has 0 heterocycles. The number of thiocarbonyl (C=S) groups is 1.